The summed E-state index contributed by atoms with van der Waals surface area (Å²) < 4.78 is 0. The van der Waals surface area contributed by atoms with Gasteiger partial charge in [-0.25, -0.2) is 0 Å². The SMILES string of the molecule is CC1CN(Cc2cccc(NC(=O)c3ccc(Cl)cc3)c2)CCN1.Cl. The smallest absolute Gasteiger partial charge is 0.255 e. The molecule has 1 fully saturated rings. The zero-order chi connectivity index (χ0) is 16.9. The number of carbonyl (C=O) groups excluding carboxylic acids is 1. The molecule has 0 aromatic heterocycles. The normalized spacial score (nSPS) is 17.6. The summed E-state index contributed by atoms with van der Waals surface area (Å²) in [6.45, 7) is 6.22. The van der Waals surface area contributed by atoms with Crippen molar-refractivity contribution >= 4 is 35.6 Å². The molecule has 0 saturated carbocycles. The van der Waals surface area contributed by atoms with E-state index in [0.29, 0.717) is 16.6 Å². The Morgan fingerprint density at radius 3 is 2.76 bits per heavy atom. The van der Waals surface area contributed by atoms with E-state index in [-0.39, 0.29) is 18.3 Å². The highest BCUT2D eigenvalue weighted by molar-refractivity contribution is 6.30. The van der Waals surface area contributed by atoms with Gasteiger partial charge in [0.25, 0.3) is 5.91 Å². The molecule has 1 amide bonds. The number of nitrogens with one attached hydrogen (secondary N) is 2. The molecule has 134 valence electrons. The summed E-state index contributed by atoms with van der Waals surface area (Å²) in [7, 11) is 0. The first kappa shape index (κ1) is 19.7. The number of rotatable bonds is 4. The average Bonchev–Trinajstić information content (AvgIpc) is 2.56. The van der Waals surface area contributed by atoms with Crippen LogP contribution in [0.1, 0.15) is 22.8 Å². The topological polar surface area (TPSA) is 44.4 Å². The molecule has 2 N–H and O–H groups in total. The molecule has 25 heavy (non-hydrogen) atoms. The molecule has 3 rings (SSSR count). The summed E-state index contributed by atoms with van der Waals surface area (Å²) in [5, 5.41) is 7.02. The summed E-state index contributed by atoms with van der Waals surface area (Å²) in [4.78, 5) is 14.7. The minimum atomic E-state index is -0.125. The lowest BCUT2D eigenvalue weighted by Gasteiger charge is -2.31. The Balaban J connectivity index is 0.00000225. The molecule has 2 aromatic rings. The van der Waals surface area contributed by atoms with Gasteiger partial charge in [-0.05, 0) is 48.9 Å². The van der Waals surface area contributed by atoms with Gasteiger partial charge >= 0.3 is 0 Å². The van der Waals surface area contributed by atoms with Gasteiger partial charge in [-0.15, -0.1) is 12.4 Å². The second kappa shape index (κ2) is 9.20. The number of halogens is 2. The third-order valence-electron chi connectivity index (χ3n) is 4.15. The van der Waals surface area contributed by atoms with Crippen LogP contribution in [0.25, 0.3) is 0 Å². The summed E-state index contributed by atoms with van der Waals surface area (Å²) in [5.74, 6) is -0.125. The fraction of sp³-hybridized carbons (Fsp3) is 0.316. The van der Waals surface area contributed by atoms with Crippen molar-refractivity contribution in [1.29, 1.82) is 0 Å². The molecule has 0 spiro atoms. The molecule has 1 aliphatic heterocycles. The summed E-state index contributed by atoms with van der Waals surface area (Å²) in [6, 6.07) is 15.5. The van der Waals surface area contributed by atoms with Crippen LogP contribution < -0.4 is 10.6 Å². The number of hydrogen-bond donors (Lipinski definition) is 2. The van der Waals surface area contributed by atoms with Crippen molar-refractivity contribution < 1.29 is 4.79 Å². The maximum absolute atomic E-state index is 12.3. The van der Waals surface area contributed by atoms with Crippen LogP contribution in [0.2, 0.25) is 5.02 Å². The molecule has 1 unspecified atom stereocenters. The Kier molecular flexibility index (Phi) is 7.26. The highest BCUT2D eigenvalue weighted by Crippen LogP contribution is 2.16. The molecule has 1 atom stereocenters. The highest BCUT2D eigenvalue weighted by atomic mass is 35.5. The minimum absolute atomic E-state index is 0. The fourth-order valence-electron chi connectivity index (χ4n) is 2.97. The number of benzene rings is 2. The summed E-state index contributed by atoms with van der Waals surface area (Å²) in [6.07, 6.45) is 0. The van der Waals surface area contributed by atoms with E-state index < -0.39 is 0 Å². The highest BCUT2D eigenvalue weighted by Gasteiger charge is 2.15. The predicted octanol–water partition coefficient (Wildman–Crippen LogP) is 3.81. The molecule has 0 bridgehead atoms. The van der Waals surface area contributed by atoms with Crippen LogP contribution in [0.3, 0.4) is 0 Å². The first-order chi connectivity index (χ1) is 11.6. The molecular formula is C19H23Cl2N3O. The first-order valence-corrected chi connectivity index (χ1v) is 8.59. The number of anilines is 1. The van der Waals surface area contributed by atoms with E-state index in [1.54, 1.807) is 24.3 Å². The Bertz CT molecular complexity index is 706. The monoisotopic (exact) mass is 379 g/mol. The van der Waals surface area contributed by atoms with Crippen LogP contribution in [0.4, 0.5) is 5.69 Å². The number of piperazine rings is 1. The minimum Gasteiger partial charge on any atom is -0.322 e. The van der Waals surface area contributed by atoms with E-state index in [2.05, 4.69) is 28.5 Å². The van der Waals surface area contributed by atoms with E-state index in [1.807, 2.05) is 18.2 Å². The first-order valence-electron chi connectivity index (χ1n) is 8.22. The maximum Gasteiger partial charge on any atom is 0.255 e. The molecule has 0 radical (unpaired) electrons. The molecule has 0 aliphatic carbocycles. The number of nitrogens with zero attached hydrogens (tertiary/aromatic N) is 1. The molecular weight excluding hydrogens is 357 g/mol. The van der Waals surface area contributed by atoms with Gasteiger partial charge in [0.05, 0.1) is 0 Å². The molecule has 6 heteroatoms. The van der Waals surface area contributed by atoms with Crippen LogP contribution in [-0.4, -0.2) is 36.5 Å². The summed E-state index contributed by atoms with van der Waals surface area (Å²) >= 11 is 5.86. The van der Waals surface area contributed by atoms with E-state index in [0.717, 1.165) is 31.9 Å². The van der Waals surface area contributed by atoms with Crippen LogP contribution >= 0.6 is 24.0 Å². The van der Waals surface area contributed by atoms with E-state index in [1.165, 1.54) is 5.56 Å². The lowest BCUT2D eigenvalue weighted by molar-refractivity contribution is 0.102. The van der Waals surface area contributed by atoms with Crippen molar-refractivity contribution in [3.63, 3.8) is 0 Å². The number of carbonyl (C=O) groups is 1. The largest absolute Gasteiger partial charge is 0.322 e. The van der Waals surface area contributed by atoms with Crippen molar-refractivity contribution in [2.45, 2.75) is 19.5 Å². The van der Waals surface area contributed by atoms with Gasteiger partial charge in [-0.3, -0.25) is 9.69 Å². The Morgan fingerprint density at radius 1 is 1.28 bits per heavy atom. The fourth-order valence-corrected chi connectivity index (χ4v) is 3.09. The van der Waals surface area contributed by atoms with Gasteiger partial charge in [0.2, 0.25) is 0 Å². The molecule has 1 heterocycles. The third-order valence-corrected chi connectivity index (χ3v) is 4.40. The van der Waals surface area contributed by atoms with E-state index in [9.17, 15) is 4.79 Å². The van der Waals surface area contributed by atoms with Crippen molar-refractivity contribution in [2.24, 2.45) is 0 Å². The van der Waals surface area contributed by atoms with Crippen LogP contribution in [0.15, 0.2) is 48.5 Å². The van der Waals surface area contributed by atoms with Crippen molar-refractivity contribution in [3.05, 3.63) is 64.7 Å². The van der Waals surface area contributed by atoms with E-state index in [4.69, 9.17) is 11.6 Å². The maximum atomic E-state index is 12.3. The Hall–Kier alpha value is -1.59. The van der Waals surface area contributed by atoms with Crippen molar-refractivity contribution in [2.75, 3.05) is 25.0 Å². The Labute approximate surface area is 160 Å². The summed E-state index contributed by atoms with van der Waals surface area (Å²) in [5.41, 5.74) is 2.62. The van der Waals surface area contributed by atoms with E-state index >= 15 is 0 Å². The van der Waals surface area contributed by atoms with Crippen LogP contribution in [0.5, 0.6) is 0 Å². The molecule has 4 nitrogen and oxygen atoms in total. The van der Waals surface area contributed by atoms with Gasteiger partial charge < -0.3 is 10.6 Å². The quantitative estimate of drug-likeness (QED) is 0.848. The van der Waals surface area contributed by atoms with Gasteiger partial charge in [0, 0.05) is 48.5 Å². The third kappa shape index (κ3) is 5.72. The van der Waals surface area contributed by atoms with Gasteiger partial charge in [0.15, 0.2) is 0 Å². The molecule has 1 aliphatic rings. The van der Waals surface area contributed by atoms with Gasteiger partial charge in [-0.2, -0.15) is 0 Å². The van der Waals surface area contributed by atoms with Gasteiger partial charge in [-0.1, -0.05) is 23.7 Å². The van der Waals surface area contributed by atoms with Crippen molar-refractivity contribution in [1.82, 2.24) is 10.2 Å². The zero-order valence-corrected chi connectivity index (χ0v) is 15.7. The second-order valence-electron chi connectivity index (χ2n) is 6.25. The van der Waals surface area contributed by atoms with Crippen molar-refractivity contribution in [3.8, 4) is 0 Å². The number of amides is 1. The Morgan fingerprint density at radius 2 is 2.04 bits per heavy atom. The standard InChI is InChI=1S/C19H22ClN3O.ClH/c1-14-12-23(10-9-21-14)13-15-3-2-4-18(11-15)22-19(24)16-5-7-17(20)8-6-16;/h2-8,11,14,21H,9-10,12-13H2,1H3,(H,22,24);1H. The number of hydrogen-bond acceptors (Lipinski definition) is 3. The van der Waals surface area contributed by atoms with Crippen LogP contribution in [0, 0.1) is 0 Å². The lowest BCUT2D eigenvalue weighted by Crippen LogP contribution is -2.48. The zero-order valence-electron chi connectivity index (χ0n) is 14.2. The average molecular weight is 380 g/mol. The second-order valence-corrected chi connectivity index (χ2v) is 6.69. The van der Waals surface area contributed by atoms with Crippen LogP contribution in [-0.2, 0) is 6.54 Å². The predicted molar refractivity (Wildman–Crippen MR) is 106 cm³/mol. The lowest BCUT2D eigenvalue weighted by atomic mass is 10.1. The van der Waals surface area contributed by atoms with Gasteiger partial charge in [0.1, 0.15) is 0 Å². The molecule has 2 aromatic carbocycles. The molecule has 1 saturated heterocycles.